The lowest BCUT2D eigenvalue weighted by molar-refractivity contribution is 0.102. The molecule has 2 aromatic carbocycles. The fourth-order valence-electron chi connectivity index (χ4n) is 2.36. The van der Waals surface area contributed by atoms with Crippen molar-refractivity contribution in [1.29, 1.82) is 0 Å². The van der Waals surface area contributed by atoms with E-state index in [-0.39, 0.29) is 10.7 Å². The Morgan fingerprint density at radius 2 is 1.90 bits per heavy atom. The molecule has 3 rings (SSSR count). The molecule has 0 radical (unpaired) electrons. The number of hydrogen-bond donors (Lipinski definition) is 1. The minimum atomic E-state index is -4.04. The van der Waals surface area contributed by atoms with E-state index in [1.807, 2.05) is 0 Å². The van der Waals surface area contributed by atoms with Crippen LogP contribution in [-0.4, -0.2) is 37.7 Å². The molecule has 0 aliphatic carbocycles. The predicted molar refractivity (Wildman–Crippen MR) is 113 cm³/mol. The molecule has 3 aromatic rings. The summed E-state index contributed by atoms with van der Waals surface area (Å²) in [6, 6.07) is 8.07. The molecule has 11 heteroatoms. The summed E-state index contributed by atoms with van der Waals surface area (Å²) in [5, 5.41) is 5.47. The fourth-order valence-corrected chi connectivity index (χ4v) is 4.43. The van der Waals surface area contributed by atoms with Crippen molar-refractivity contribution in [3.63, 3.8) is 0 Å². The Morgan fingerprint density at radius 3 is 2.59 bits per heavy atom. The second-order valence-corrected chi connectivity index (χ2v) is 9.87. The Kier molecular flexibility index (Phi) is 6.25. The maximum Gasteiger partial charge on any atom is 0.257 e. The van der Waals surface area contributed by atoms with E-state index in [2.05, 4.69) is 10.3 Å². The monoisotopic (exact) mass is 473 g/mol. The third-order valence-electron chi connectivity index (χ3n) is 3.88. The lowest BCUT2D eigenvalue weighted by Crippen LogP contribution is -2.24. The highest BCUT2D eigenvalue weighted by molar-refractivity contribution is 7.89. The van der Waals surface area contributed by atoms with Gasteiger partial charge < -0.3 is 0 Å². The van der Waals surface area contributed by atoms with Crippen molar-refractivity contribution in [2.45, 2.75) is 4.90 Å². The molecule has 0 saturated carbocycles. The van der Waals surface area contributed by atoms with Crippen molar-refractivity contribution >= 4 is 55.6 Å². The smallest absolute Gasteiger partial charge is 0.257 e. The molecule has 1 N–H and O–H groups in total. The highest BCUT2D eigenvalue weighted by atomic mass is 35.5. The summed E-state index contributed by atoms with van der Waals surface area (Å²) in [5.74, 6) is -1.57. The molecule has 0 aliphatic rings. The van der Waals surface area contributed by atoms with E-state index >= 15 is 0 Å². The van der Waals surface area contributed by atoms with Crippen LogP contribution in [-0.2, 0) is 10.0 Å². The van der Waals surface area contributed by atoms with E-state index in [1.54, 1.807) is 23.6 Å². The first-order valence-electron chi connectivity index (χ1n) is 8.04. The van der Waals surface area contributed by atoms with Crippen molar-refractivity contribution in [3.05, 3.63) is 63.2 Å². The Labute approximate surface area is 181 Å². The minimum Gasteiger partial charge on any atom is -0.298 e. The van der Waals surface area contributed by atoms with Crippen molar-refractivity contribution < 1.29 is 17.6 Å². The normalized spacial score (nSPS) is 11.7. The van der Waals surface area contributed by atoms with Crippen LogP contribution in [0.5, 0.6) is 0 Å². The SMILES string of the molecule is CN(C)S(=O)(=O)c1cc(C(=O)Nc2nc(-c3cc(Cl)ccc3Cl)cs2)ccc1F. The van der Waals surface area contributed by atoms with E-state index in [1.165, 1.54) is 20.2 Å². The van der Waals surface area contributed by atoms with Gasteiger partial charge in [-0.25, -0.2) is 22.1 Å². The van der Waals surface area contributed by atoms with Gasteiger partial charge in [0.1, 0.15) is 10.7 Å². The van der Waals surface area contributed by atoms with Crippen molar-refractivity contribution in [2.24, 2.45) is 0 Å². The summed E-state index contributed by atoms with van der Waals surface area (Å²) < 4.78 is 39.3. The fraction of sp³-hybridized carbons (Fsp3) is 0.111. The zero-order chi connectivity index (χ0) is 21.3. The average molecular weight is 474 g/mol. The van der Waals surface area contributed by atoms with Crippen LogP contribution >= 0.6 is 34.5 Å². The summed E-state index contributed by atoms with van der Waals surface area (Å²) in [7, 11) is -1.48. The topological polar surface area (TPSA) is 79.4 Å². The molecule has 1 heterocycles. The molecule has 0 saturated heterocycles. The van der Waals surface area contributed by atoms with Crippen LogP contribution in [0.25, 0.3) is 11.3 Å². The number of carbonyl (C=O) groups is 1. The maximum atomic E-state index is 14.0. The molecule has 6 nitrogen and oxygen atoms in total. The van der Waals surface area contributed by atoms with E-state index in [9.17, 15) is 17.6 Å². The number of thiazole rings is 1. The van der Waals surface area contributed by atoms with Gasteiger partial charge in [0.2, 0.25) is 10.0 Å². The number of hydrogen-bond acceptors (Lipinski definition) is 5. The predicted octanol–water partition coefficient (Wildman–Crippen LogP) is 4.76. The third-order valence-corrected chi connectivity index (χ3v) is 7.03. The van der Waals surface area contributed by atoms with Gasteiger partial charge in [0.15, 0.2) is 5.13 Å². The summed E-state index contributed by atoms with van der Waals surface area (Å²) in [5.41, 5.74) is 1.11. The van der Waals surface area contributed by atoms with Gasteiger partial charge in [0.25, 0.3) is 5.91 Å². The number of anilines is 1. The van der Waals surface area contributed by atoms with Crippen LogP contribution in [0.1, 0.15) is 10.4 Å². The van der Waals surface area contributed by atoms with Gasteiger partial charge >= 0.3 is 0 Å². The summed E-state index contributed by atoms with van der Waals surface area (Å²) in [6.07, 6.45) is 0. The van der Waals surface area contributed by atoms with Gasteiger partial charge in [0.05, 0.1) is 10.7 Å². The number of amides is 1. The molecule has 0 fully saturated rings. The summed E-state index contributed by atoms with van der Waals surface area (Å²) in [6.45, 7) is 0. The lowest BCUT2D eigenvalue weighted by Gasteiger charge is -2.13. The molecule has 0 spiro atoms. The van der Waals surface area contributed by atoms with Gasteiger partial charge in [0, 0.05) is 35.6 Å². The van der Waals surface area contributed by atoms with Crippen LogP contribution in [0.3, 0.4) is 0 Å². The maximum absolute atomic E-state index is 14.0. The van der Waals surface area contributed by atoms with Gasteiger partial charge in [-0.1, -0.05) is 23.2 Å². The van der Waals surface area contributed by atoms with E-state index in [0.29, 0.717) is 21.3 Å². The standard InChI is InChI=1S/C18H14Cl2FN3O3S2/c1-24(2)29(26,27)16-7-10(3-6-14(16)21)17(25)23-18-22-15(9-28-18)12-8-11(19)4-5-13(12)20/h3-9H,1-2H3,(H,22,23,25). The summed E-state index contributed by atoms with van der Waals surface area (Å²) in [4.78, 5) is 16.2. The Balaban J connectivity index is 1.87. The molecule has 0 unspecified atom stereocenters. The first-order chi connectivity index (χ1) is 13.6. The third kappa shape index (κ3) is 4.59. The molecule has 0 aliphatic heterocycles. The van der Waals surface area contributed by atoms with Crippen LogP contribution in [0.2, 0.25) is 10.0 Å². The minimum absolute atomic E-state index is 0.0237. The Bertz CT molecular complexity index is 1200. The van der Waals surface area contributed by atoms with Gasteiger partial charge in [-0.2, -0.15) is 0 Å². The molecule has 29 heavy (non-hydrogen) atoms. The van der Waals surface area contributed by atoms with Crippen LogP contribution in [0.4, 0.5) is 9.52 Å². The van der Waals surface area contributed by atoms with Crippen LogP contribution < -0.4 is 5.32 Å². The van der Waals surface area contributed by atoms with E-state index in [0.717, 1.165) is 27.8 Å². The molecule has 0 atom stereocenters. The number of nitrogens with one attached hydrogen (secondary N) is 1. The number of rotatable bonds is 5. The second kappa shape index (κ2) is 8.37. The van der Waals surface area contributed by atoms with E-state index < -0.39 is 26.6 Å². The quantitative estimate of drug-likeness (QED) is 0.579. The van der Waals surface area contributed by atoms with Crippen molar-refractivity contribution in [1.82, 2.24) is 9.29 Å². The zero-order valence-electron chi connectivity index (χ0n) is 15.1. The van der Waals surface area contributed by atoms with Crippen molar-refractivity contribution in [3.8, 4) is 11.3 Å². The first kappa shape index (κ1) is 21.7. The van der Waals surface area contributed by atoms with Gasteiger partial charge in [-0.3, -0.25) is 10.1 Å². The molecular formula is C18H14Cl2FN3O3S2. The first-order valence-corrected chi connectivity index (χ1v) is 11.1. The second-order valence-electron chi connectivity index (χ2n) is 6.05. The molecule has 0 bridgehead atoms. The number of aromatic nitrogens is 1. The van der Waals surface area contributed by atoms with E-state index in [4.69, 9.17) is 23.2 Å². The number of nitrogens with zero attached hydrogens (tertiary/aromatic N) is 2. The van der Waals surface area contributed by atoms with Crippen molar-refractivity contribution in [2.75, 3.05) is 19.4 Å². The molecule has 1 aromatic heterocycles. The summed E-state index contributed by atoms with van der Waals surface area (Å²) >= 11 is 13.3. The van der Waals surface area contributed by atoms with Crippen LogP contribution in [0, 0.1) is 5.82 Å². The number of halogens is 3. The number of sulfonamides is 1. The highest BCUT2D eigenvalue weighted by Crippen LogP contribution is 2.32. The average Bonchev–Trinajstić information content (AvgIpc) is 3.11. The largest absolute Gasteiger partial charge is 0.298 e. The molecular weight excluding hydrogens is 460 g/mol. The lowest BCUT2D eigenvalue weighted by atomic mass is 10.2. The zero-order valence-corrected chi connectivity index (χ0v) is 18.3. The van der Waals surface area contributed by atoms with Gasteiger partial charge in [-0.05, 0) is 36.4 Å². The molecule has 1 amide bonds. The highest BCUT2D eigenvalue weighted by Gasteiger charge is 2.23. The van der Waals surface area contributed by atoms with Gasteiger partial charge in [-0.15, -0.1) is 11.3 Å². The Hall–Kier alpha value is -2.04. The van der Waals surface area contributed by atoms with Crippen LogP contribution in [0.15, 0.2) is 46.7 Å². The number of benzene rings is 2. The number of carbonyl (C=O) groups excluding carboxylic acids is 1. The Morgan fingerprint density at radius 1 is 1.17 bits per heavy atom. The molecule has 152 valence electrons.